The molecule has 0 fully saturated rings. The minimum Gasteiger partial charge on any atom is -0.257 e. The molecule has 79 valence electrons. The number of halogens is 1. The summed E-state index contributed by atoms with van der Waals surface area (Å²) in [6.07, 6.45) is 1.90. The van der Waals surface area contributed by atoms with E-state index < -0.39 is 0 Å². The highest BCUT2D eigenvalue weighted by Gasteiger charge is 2.02. The van der Waals surface area contributed by atoms with Crippen LogP contribution in [0.2, 0.25) is 11.8 Å². The highest BCUT2D eigenvalue weighted by atomic mass is 35.5. The minimum absolute atomic E-state index is 0.749. The highest BCUT2D eigenvalue weighted by molar-refractivity contribution is 6.52. The molecule has 0 unspecified atom stereocenters. The molecule has 0 aliphatic rings. The van der Waals surface area contributed by atoms with E-state index in [0.717, 1.165) is 16.3 Å². The number of aromatic nitrogens is 1. The van der Waals surface area contributed by atoms with E-state index in [-0.39, 0.29) is 0 Å². The Morgan fingerprint density at radius 3 is 2.44 bits per heavy atom. The molecule has 2 aromatic rings. The first-order valence-corrected chi connectivity index (χ1v) is 5.60. The molecule has 0 spiro atoms. The maximum Gasteiger partial charge on any atom is 0.150 e. The number of hydrogen-bond acceptors (Lipinski definition) is 1. The molecule has 16 heavy (non-hydrogen) atoms. The summed E-state index contributed by atoms with van der Waals surface area (Å²) in [4.78, 5) is 4.44. The van der Waals surface area contributed by atoms with Crippen molar-refractivity contribution in [2.75, 3.05) is 0 Å². The summed E-state index contributed by atoms with van der Waals surface area (Å²) in [5, 5.41) is 0.749. The summed E-state index contributed by atoms with van der Waals surface area (Å²) in [6, 6.07) is 9.83. The summed E-state index contributed by atoms with van der Waals surface area (Å²) in [5.41, 5.74) is 4.50. The van der Waals surface area contributed by atoms with Crippen LogP contribution in [0.1, 0.15) is 5.56 Å². The van der Waals surface area contributed by atoms with Crippen molar-refractivity contribution in [1.29, 1.82) is 0 Å². The summed E-state index contributed by atoms with van der Waals surface area (Å²) < 4.78 is 0. The molecule has 2 rings (SSSR count). The predicted molar refractivity (Wildman–Crippen MR) is 70.7 cm³/mol. The fraction of sp³-hybridized carbons (Fsp3) is 0.154. The molecule has 1 radical (unpaired) electrons. The van der Waals surface area contributed by atoms with Crippen molar-refractivity contribution in [3.8, 4) is 11.3 Å². The molecular weight excluding hydrogens is 216 g/mol. The van der Waals surface area contributed by atoms with Crippen molar-refractivity contribution in [2.45, 2.75) is 13.7 Å². The molecule has 0 aliphatic carbocycles. The van der Waals surface area contributed by atoms with E-state index in [1.54, 1.807) is 0 Å². The van der Waals surface area contributed by atoms with Crippen LogP contribution in [0.25, 0.3) is 11.3 Å². The van der Waals surface area contributed by atoms with Gasteiger partial charge in [-0.3, -0.25) is 4.98 Å². The van der Waals surface area contributed by atoms with Crippen molar-refractivity contribution in [2.24, 2.45) is 0 Å². The Morgan fingerprint density at radius 1 is 1.19 bits per heavy atom. The van der Waals surface area contributed by atoms with Crippen LogP contribution in [0.4, 0.5) is 0 Å². The van der Waals surface area contributed by atoms with Gasteiger partial charge in [0.25, 0.3) is 0 Å². The first-order chi connectivity index (χ1) is 7.70. The van der Waals surface area contributed by atoms with Gasteiger partial charge in [-0.1, -0.05) is 41.6 Å². The van der Waals surface area contributed by atoms with Crippen LogP contribution in [-0.2, 0) is 0 Å². The second-order valence-corrected chi connectivity index (χ2v) is 4.16. The molecule has 3 heteroatoms. The molecule has 0 aliphatic heterocycles. The third-order valence-electron chi connectivity index (χ3n) is 2.60. The fourth-order valence-corrected chi connectivity index (χ4v) is 1.77. The third kappa shape index (κ3) is 2.28. The number of benzene rings is 1. The Kier molecular flexibility index (Phi) is 3.30. The highest BCUT2D eigenvalue weighted by Crippen LogP contribution is 2.19. The van der Waals surface area contributed by atoms with E-state index in [4.69, 9.17) is 11.6 Å². The summed E-state index contributed by atoms with van der Waals surface area (Å²) in [6.45, 7) is 4.11. The Hall–Kier alpha value is -1.28. The van der Waals surface area contributed by atoms with Gasteiger partial charge >= 0.3 is 0 Å². The van der Waals surface area contributed by atoms with Gasteiger partial charge < -0.3 is 0 Å². The lowest BCUT2D eigenvalue weighted by molar-refractivity contribution is 1.31. The second-order valence-electron chi connectivity index (χ2n) is 3.72. The van der Waals surface area contributed by atoms with Crippen LogP contribution in [0.15, 0.2) is 36.5 Å². The zero-order valence-electron chi connectivity index (χ0n) is 9.37. The summed E-state index contributed by atoms with van der Waals surface area (Å²) in [5.74, 6) is 0. The summed E-state index contributed by atoms with van der Waals surface area (Å²) in [7, 11) is 2.06. The van der Waals surface area contributed by atoms with E-state index in [0.29, 0.717) is 0 Å². The Morgan fingerprint density at radius 2 is 1.88 bits per heavy atom. The minimum atomic E-state index is 0.749. The van der Waals surface area contributed by atoms with E-state index in [1.807, 2.05) is 37.3 Å². The van der Waals surface area contributed by atoms with Crippen molar-refractivity contribution >= 4 is 24.3 Å². The van der Waals surface area contributed by atoms with Gasteiger partial charge in [-0.25, -0.2) is 0 Å². The lowest BCUT2D eigenvalue weighted by Crippen LogP contribution is -2.15. The van der Waals surface area contributed by atoms with Gasteiger partial charge in [0.15, 0.2) is 7.28 Å². The first kappa shape index (κ1) is 11.2. The van der Waals surface area contributed by atoms with Gasteiger partial charge in [0.05, 0.1) is 5.69 Å². The predicted octanol–water partition coefficient (Wildman–Crippen LogP) is 3.09. The van der Waals surface area contributed by atoms with Crippen LogP contribution >= 0.6 is 11.6 Å². The average molecular weight is 229 g/mol. The van der Waals surface area contributed by atoms with E-state index in [9.17, 15) is 0 Å². The standard InChI is InChI=1S/C13H12BClN/c1-9-7-13(16-8-12(9)14-2)10-3-5-11(15)6-4-10/h3-8H,1-2H3. The number of hydrogen-bond donors (Lipinski definition) is 0. The number of rotatable bonds is 2. The molecular formula is C13H12BClN. The normalized spacial score (nSPS) is 10.2. The van der Waals surface area contributed by atoms with Crippen LogP contribution in [0.5, 0.6) is 0 Å². The van der Waals surface area contributed by atoms with E-state index in [1.165, 1.54) is 11.0 Å². The molecule has 0 atom stereocenters. The molecule has 0 amide bonds. The topological polar surface area (TPSA) is 12.9 Å². The number of aryl methyl sites for hydroxylation is 1. The molecule has 1 heterocycles. The number of nitrogens with zero attached hydrogens (tertiary/aromatic N) is 1. The van der Waals surface area contributed by atoms with Crippen molar-refractivity contribution < 1.29 is 0 Å². The van der Waals surface area contributed by atoms with E-state index in [2.05, 4.69) is 25.3 Å². The van der Waals surface area contributed by atoms with Crippen molar-refractivity contribution in [3.63, 3.8) is 0 Å². The zero-order valence-corrected chi connectivity index (χ0v) is 10.1. The van der Waals surface area contributed by atoms with Crippen molar-refractivity contribution in [3.05, 3.63) is 47.1 Å². The molecule has 0 saturated heterocycles. The lowest BCUT2D eigenvalue weighted by atomic mass is 9.72. The molecule has 1 nitrogen and oxygen atoms in total. The fourth-order valence-electron chi connectivity index (χ4n) is 1.65. The zero-order chi connectivity index (χ0) is 11.5. The van der Waals surface area contributed by atoms with Gasteiger partial charge in [-0.15, -0.1) is 0 Å². The molecule has 1 aromatic carbocycles. The maximum absolute atomic E-state index is 5.85. The van der Waals surface area contributed by atoms with Crippen LogP contribution < -0.4 is 5.46 Å². The van der Waals surface area contributed by atoms with Crippen LogP contribution in [0, 0.1) is 6.92 Å². The SMILES string of the molecule is C[B]c1cnc(-c2ccc(Cl)cc2)cc1C. The van der Waals surface area contributed by atoms with Gasteiger partial charge in [0, 0.05) is 16.8 Å². The largest absolute Gasteiger partial charge is 0.257 e. The molecule has 0 saturated carbocycles. The summed E-state index contributed by atoms with van der Waals surface area (Å²) >= 11 is 5.85. The van der Waals surface area contributed by atoms with Crippen LogP contribution in [0.3, 0.4) is 0 Å². The second kappa shape index (κ2) is 4.71. The third-order valence-corrected chi connectivity index (χ3v) is 2.85. The van der Waals surface area contributed by atoms with Crippen molar-refractivity contribution in [1.82, 2.24) is 4.98 Å². The van der Waals surface area contributed by atoms with Crippen LogP contribution in [-0.4, -0.2) is 12.3 Å². The van der Waals surface area contributed by atoms with Gasteiger partial charge in [0.1, 0.15) is 0 Å². The average Bonchev–Trinajstić information content (AvgIpc) is 2.30. The van der Waals surface area contributed by atoms with Gasteiger partial charge in [-0.05, 0) is 25.1 Å². The molecule has 0 bridgehead atoms. The smallest absolute Gasteiger partial charge is 0.150 e. The molecule has 1 aromatic heterocycles. The lowest BCUT2D eigenvalue weighted by Gasteiger charge is -2.06. The maximum atomic E-state index is 5.85. The van der Waals surface area contributed by atoms with Gasteiger partial charge in [-0.2, -0.15) is 0 Å². The van der Waals surface area contributed by atoms with E-state index >= 15 is 0 Å². The Labute approximate surface area is 102 Å². The Bertz CT molecular complexity index is 494. The first-order valence-electron chi connectivity index (χ1n) is 5.22. The molecule has 0 N–H and O–H groups in total. The quantitative estimate of drug-likeness (QED) is 0.720. The Balaban J connectivity index is 2.41. The monoisotopic (exact) mass is 228 g/mol. The number of pyridine rings is 1. The van der Waals surface area contributed by atoms with Gasteiger partial charge in [0.2, 0.25) is 0 Å².